The van der Waals surface area contributed by atoms with Crippen molar-refractivity contribution in [1.82, 2.24) is 47.0 Å². The number of ether oxygens (including phenoxy) is 15. The van der Waals surface area contributed by atoms with E-state index in [1.54, 1.807) is 20.9 Å². The van der Waals surface area contributed by atoms with Crippen LogP contribution in [0.2, 0.25) is 0 Å². The van der Waals surface area contributed by atoms with Gasteiger partial charge in [0, 0.05) is 190 Å². The van der Waals surface area contributed by atoms with Gasteiger partial charge in [-0.25, -0.2) is 71.9 Å². The van der Waals surface area contributed by atoms with Gasteiger partial charge < -0.3 is 122 Å². The summed E-state index contributed by atoms with van der Waals surface area (Å²) in [6, 6.07) is 9.15. The Morgan fingerprint density at radius 2 is 0.712 bits per heavy atom. The number of hydrogen-bond donors (Lipinski definition) is 8. The first-order valence-corrected chi connectivity index (χ1v) is 43.2. The highest BCUT2D eigenvalue weighted by atomic mass is 16.7. The maximum Gasteiger partial charge on any atom is 0.519 e. The summed E-state index contributed by atoms with van der Waals surface area (Å²) in [6.07, 6.45) is 7.17. The molecular weight excluding hydrogens is 1940 g/mol. The molecule has 2 aromatic rings. The summed E-state index contributed by atoms with van der Waals surface area (Å²) in [5.74, 6) is -17.5. The Morgan fingerprint density at radius 1 is 0.390 bits per heavy atom. The molecule has 11 rings (SSSR count). The number of amides is 9. The Hall–Kier alpha value is -18.0. The van der Waals surface area contributed by atoms with E-state index in [2.05, 4.69) is 111 Å². The van der Waals surface area contributed by atoms with E-state index in [1.165, 1.54) is 18.9 Å². The molecule has 9 aliphatic rings. The van der Waals surface area contributed by atoms with E-state index in [-0.39, 0.29) is 87.9 Å². The van der Waals surface area contributed by atoms with Gasteiger partial charge in [-0.05, 0) is 31.9 Å². The second-order valence-corrected chi connectivity index (χ2v) is 30.8. The number of carboxylic acid groups (broad SMARTS) is 1. The van der Waals surface area contributed by atoms with Crippen molar-refractivity contribution in [2.24, 2.45) is 5.92 Å². The number of likely N-dealkylation sites (tertiary alicyclic amines) is 1. The van der Waals surface area contributed by atoms with E-state index in [0.29, 0.717) is 52.6 Å². The van der Waals surface area contributed by atoms with E-state index in [0.717, 1.165) is 130 Å². The Balaban J connectivity index is 0.000000301. The lowest BCUT2D eigenvalue weighted by molar-refractivity contribution is -0.167. The number of methoxy groups -OCH3 is 1. The van der Waals surface area contributed by atoms with Crippen LogP contribution in [0.4, 0.5) is 0 Å². The van der Waals surface area contributed by atoms with Crippen LogP contribution in [0.1, 0.15) is 95.1 Å². The third-order valence-electron chi connectivity index (χ3n) is 18.8. The summed E-state index contributed by atoms with van der Waals surface area (Å²) in [5.41, 5.74) is 4.24. The van der Waals surface area contributed by atoms with Crippen molar-refractivity contribution in [2.75, 3.05) is 60.4 Å². The fourth-order valence-corrected chi connectivity index (χ4v) is 11.6. The third kappa shape index (κ3) is 45.9. The summed E-state index contributed by atoms with van der Waals surface area (Å²) >= 11 is 0. The van der Waals surface area contributed by atoms with E-state index >= 15 is 0 Å². The topological polar surface area (TPSA) is 702 Å². The molecule has 8 unspecified atom stereocenters. The predicted octanol–water partition coefficient (Wildman–Crippen LogP) is -0.329. The zero-order valence-electron chi connectivity index (χ0n) is 79.0. The predicted molar refractivity (Wildman–Crippen MR) is 486 cm³/mol. The Bertz CT molecular complexity index is 5620. The minimum absolute atomic E-state index is 0.0699. The average Bonchev–Trinajstić information content (AvgIpc) is 1.70. The zero-order chi connectivity index (χ0) is 108. The number of morpholine rings is 1. The van der Waals surface area contributed by atoms with Crippen molar-refractivity contribution in [3.05, 3.63) is 229 Å². The summed E-state index contributed by atoms with van der Waals surface area (Å²) in [5, 5.41) is 24.7. The molecule has 1 aromatic carbocycles. The lowest BCUT2D eigenvalue weighted by Crippen LogP contribution is -2.36. The summed E-state index contributed by atoms with van der Waals surface area (Å²) < 4.78 is 81.3. The van der Waals surface area contributed by atoms with Crippen LogP contribution < -0.4 is 43.0 Å². The molecule has 52 heteroatoms. The zero-order valence-corrected chi connectivity index (χ0v) is 79.0. The number of aliphatic carboxylic acids is 1. The van der Waals surface area contributed by atoms with Crippen molar-refractivity contribution >= 4 is 143 Å². The van der Waals surface area contributed by atoms with Crippen molar-refractivity contribution in [3.63, 3.8) is 0 Å². The number of nitrogens with zero attached hydrogens (tertiary/aromatic N) is 2. The molecule has 1 aromatic heterocycles. The van der Waals surface area contributed by atoms with Crippen LogP contribution in [0.15, 0.2) is 215 Å². The molecule has 9 saturated heterocycles. The second kappa shape index (κ2) is 60.9. The Kier molecular flexibility index (Phi) is 49.4. The molecule has 146 heavy (non-hydrogen) atoms. The van der Waals surface area contributed by atoms with Crippen LogP contribution in [0, 0.1) is 12.8 Å². The number of imide groups is 1. The number of unbranched alkanes of at least 4 members (excludes halogenated alkanes) is 1. The SMILES string of the molecule is C=C1CC(OC(=O)/C=C/C(=O)O)C(=O)N1.C=C1CC(OC(=O)/C=C/C(=O)OC)C(=O)N1C.C=C1CC(OC(=O)/C=C/C(=O)OC2CC(=O)NC2=O)C(=O)N1.C=C1CC(OC(=O)/C=C/C(=O)OCCCCN2CCOCC2)C(=O)N1.C=C1CC(OC(=O)/C=C/C(=O)OCOC(=O)C(C)C)C(=O)N1.C=C1CC(OC(=O)/C=C/C(=O)OCc2ccccc2)C(=O)N1.C=C1CC(OC(=O)/C=C/C(=O)OCc2oc(=O)oc2C)C(=O)N1. The van der Waals surface area contributed by atoms with Crippen LogP contribution in [0.5, 0.6) is 0 Å². The first-order chi connectivity index (χ1) is 69.0. The number of likely N-dealkylation sites (N-methyl/N-ethyl adjacent to an activating group) is 1. The first kappa shape index (κ1) is 118. The van der Waals surface area contributed by atoms with E-state index in [9.17, 15) is 120 Å². The molecular formula is C94H103N9O43. The summed E-state index contributed by atoms with van der Waals surface area (Å²) in [7, 11) is 2.75. The lowest BCUT2D eigenvalue weighted by atomic mass is 10.2. The number of aryl methyl sites for hydroxylation is 1. The number of esters is 14. The number of nitrogens with one attached hydrogen (secondary N) is 7. The minimum Gasteiger partial charge on any atom is -0.478 e. The number of benzene rings is 1. The van der Waals surface area contributed by atoms with Crippen LogP contribution >= 0.6 is 0 Å². The third-order valence-corrected chi connectivity index (χ3v) is 18.8. The Morgan fingerprint density at radius 3 is 1.02 bits per heavy atom. The fraction of sp³-hybridized carbons (Fsp3) is 0.351. The van der Waals surface area contributed by atoms with Gasteiger partial charge in [-0.15, -0.1) is 0 Å². The van der Waals surface area contributed by atoms with Crippen molar-refractivity contribution < 1.29 is 200 Å². The van der Waals surface area contributed by atoms with E-state index < -0.39 is 198 Å². The van der Waals surface area contributed by atoms with Crippen molar-refractivity contribution in [1.29, 1.82) is 0 Å². The maximum atomic E-state index is 11.6. The highest BCUT2D eigenvalue weighted by Crippen LogP contribution is 2.24. The summed E-state index contributed by atoms with van der Waals surface area (Å²) in [6.45, 7) is 33.6. The molecule has 8 N–H and O–H groups in total. The lowest BCUT2D eigenvalue weighted by Gasteiger charge is -2.26. The van der Waals surface area contributed by atoms with Gasteiger partial charge in [0.05, 0.1) is 39.3 Å². The molecule has 0 aliphatic carbocycles. The molecule has 9 aliphatic heterocycles. The number of hydrogen-bond acceptors (Lipinski definition) is 43. The van der Waals surface area contributed by atoms with Crippen LogP contribution in [-0.2, 0) is 199 Å². The molecule has 10 heterocycles. The van der Waals surface area contributed by atoms with Gasteiger partial charge in [0.25, 0.3) is 47.3 Å². The molecule has 0 saturated carbocycles. The molecule has 0 bridgehead atoms. The van der Waals surface area contributed by atoms with Gasteiger partial charge in [-0.1, -0.05) is 90.2 Å². The largest absolute Gasteiger partial charge is 0.519 e. The Labute approximate surface area is 828 Å². The first-order valence-electron chi connectivity index (χ1n) is 43.2. The van der Waals surface area contributed by atoms with E-state index in [4.69, 9.17) is 57.2 Å². The molecule has 52 nitrogen and oxygen atoms in total. The van der Waals surface area contributed by atoms with Crippen LogP contribution in [-0.4, -0.2) is 267 Å². The number of carbonyl (C=O) groups excluding carboxylic acids is 23. The number of carbonyl (C=O) groups is 24. The van der Waals surface area contributed by atoms with Gasteiger partial charge in [0.2, 0.25) is 12.7 Å². The monoisotopic (exact) mass is 2050 g/mol. The van der Waals surface area contributed by atoms with E-state index in [1.807, 2.05) is 35.6 Å². The maximum absolute atomic E-state index is 11.6. The van der Waals surface area contributed by atoms with Gasteiger partial charge in [0.15, 0.2) is 67.0 Å². The van der Waals surface area contributed by atoms with Crippen molar-refractivity contribution in [2.45, 2.75) is 147 Å². The van der Waals surface area contributed by atoms with Gasteiger partial charge in [-0.3, -0.25) is 58.2 Å². The van der Waals surface area contributed by atoms with Gasteiger partial charge >= 0.3 is 95.4 Å². The van der Waals surface area contributed by atoms with Crippen LogP contribution in [0.3, 0.4) is 0 Å². The minimum atomic E-state index is -1.26. The smallest absolute Gasteiger partial charge is 0.478 e. The van der Waals surface area contributed by atoms with Gasteiger partial charge in [0.1, 0.15) is 6.61 Å². The quantitative estimate of drug-likeness (QED) is 0.0111. The van der Waals surface area contributed by atoms with Crippen LogP contribution in [0.25, 0.3) is 0 Å². The highest BCUT2D eigenvalue weighted by Gasteiger charge is 2.39. The molecule has 8 atom stereocenters. The molecule has 782 valence electrons. The number of carboxylic acids is 1. The highest BCUT2D eigenvalue weighted by molar-refractivity contribution is 6.06. The molecule has 9 fully saturated rings. The fourth-order valence-electron chi connectivity index (χ4n) is 11.6. The molecule has 0 spiro atoms. The van der Waals surface area contributed by atoms with Crippen molar-refractivity contribution in [3.8, 4) is 0 Å². The normalized spacial score (nSPS) is 19.7. The standard InChI is InChI=1S/C17H24N2O6.C16H15NO5.C14H13NO8.C14H17NO7.C13H12N2O7.C11H13NO5.C9H9NO5/c1-13-12-14(17(22)18-13)25-16(21)5-4-15(20)24-9-3-2-6-19-7-10-23-11-8-19;1-11-9-13(16(20)17-11)22-15(19)8-7-14(18)21-10-12-5-3-2-4-6-12;1-7-5-9(13(18)15-7)22-12(17)4-3-11(16)20-6-10-8(2)21-14(19)23-10;1-8(2)14(19)21-7-20-11(16)4-5-12(17)22-10-6-9(3)15-13(10)18;1-6-4-7(12(19)14-6)21-10(17)2-3-11(18)22-8-5-9(16)15-13(8)20;1-7-6-8(11(15)12(7)2)17-10(14)5-4-9(13)16-3;1-5-4-6(9(14)10-5)15-8(13)3-2-7(11)12/h4-5,14H,1-3,6-12H2,(H,18,22);2-8,13H,1,9-10H2,(H,17,20);3-4,9H,1,5-6H2,2H3,(H,15,18);4-5,8,10H,3,6-7H2,1-2H3,(H,15,18);2-3,7-8H,1,4-5H2,(H,14,19)(H,15,16,20);4-5,8H,1,6H2,2-3H3;2-3,6H,1,4H2,(H,10,14)(H,11,12)/b5-4+;8-7+;4-3+;5-4+;3-2+;5-4+;3-2+. The van der Waals surface area contributed by atoms with Gasteiger partial charge in [-0.2, -0.15) is 0 Å². The second-order valence-electron chi connectivity index (χ2n) is 30.8. The molecule has 0 radical (unpaired) electrons. The number of rotatable bonds is 34. The molecule has 9 amide bonds. The summed E-state index contributed by atoms with van der Waals surface area (Å²) in [4.78, 5) is 284. The average molecular weight is 2050 g/mol.